The van der Waals surface area contributed by atoms with Crippen LogP contribution in [0.5, 0.6) is 0 Å². The van der Waals surface area contributed by atoms with Crippen molar-refractivity contribution in [3.8, 4) is 0 Å². The summed E-state index contributed by atoms with van der Waals surface area (Å²) in [4.78, 5) is 24.4. The maximum absolute atomic E-state index is 12.3. The molecule has 4 nitrogen and oxygen atoms in total. The molecule has 3 aromatic rings. The topological polar surface area (TPSA) is 58.2 Å². The number of benzene rings is 3. The molecule has 30 heavy (non-hydrogen) atoms. The summed E-state index contributed by atoms with van der Waals surface area (Å²) in [7, 11) is 0. The van der Waals surface area contributed by atoms with Crippen molar-refractivity contribution in [3.05, 3.63) is 101 Å². The third kappa shape index (κ3) is 6.06. The molecule has 0 radical (unpaired) electrons. The Morgan fingerprint density at radius 3 is 2.10 bits per heavy atom. The molecule has 2 N–H and O–H groups in total. The number of hydrogen-bond acceptors (Lipinski definition) is 2. The molecule has 5 heteroatoms. The fraction of sp³-hybridized carbons (Fsp3) is 0.120. The minimum absolute atomic E-state index is 0.223. The number of anilines is 2. The van der Waals surface area contributed by atoms with Crippen LogP contribution in [0.4, 0.5) is 11.4 Å². The van der Waals surface area contributed by atoms with Crippen LogP contribution in [-0.4, -0.2) is 11.8 Å². The molecule has 0 spiro atoms. The number of carbonyl (C=O) groups is 2. The van der Waals surface area contributed by atoms with Gasteiger partial charge in [0.05, 0.1) is 0 Å². The molecule has 0 unspecified atom stereocenters. The lowest BCUT2D eigenvalue weighted by molar-refractivity contribution is -0.111. The van der Waals surface area contributed by atoms with E-state index in [1.54, 1.807) is 54.6 Å². The van der Waals surface area contributed by atoms with Gasteiger partial charge >= 0.3 is 0 Å². The van der Waals surface area contributed by atoms with Gasteiger partial charge in [0, 0.05) is 28.0 Å². The van der Waals surface area contributed by atoms with Crippen molar-refractivity contribution in [2.75, 3.05) is 10.6 Å². The minimum atomic E-state index is -0.249. The second-order valence-corrected chi connectivity index (χ2v) is 7.62. The highest BCUT2D eigenvalue weighted by atomic mass is 35.5. The Labute approximate surface area is 181 Å². The Bertz CT molecular complexity index is 1060. The molecular formula is C25H23ClN2O2. The molecule has 0 heterocycles. The molecule has 0 fully saturated rings. The first-order valence-electron chi connectivity index (χ1n) is 9.67. The van der Waals surface area contributed by atoms with Crippen molar-refractivity contribution in [2.45, 2.75) is 19.8 Å². The number of carbonyl (C=O) groups excluding carboxylic acids is 2. The van der Waals surface area contributed by atoms with Gasteiger partial charge in [-0.15, -0.1) is 0 Å². The van der Waals surface area contributed by atoms with Crippen LogP contribution in [0.2, 0.25) is 5.02 Å². The number of amides is 2. The van der Waals surface area contributed by atoms with E-state index in [9.17, 15) is 9.59 Å². The second kappa shape index (κ2) is 9.90. The van der Waals surface area contributed by atoms with Crippen LogP contribution < -0.4 is 10.6 Å². The SMILES string of the molecule is CC(C)c1ccc(C=CC(=O)Nc2ccc(NC(=O)c3cccc(Cl)c3)cc2)cc1. The maximum atomic E-state index is 12.3. The molecule has 0 saturated carbocycles. The Morgan fingerprint density at radius 2 is 1.50 bits per heavy atom. The van der Waals surface area contributed by atoms with Crippen LogP contribution in [0.3, 0.4) is 0 Å². The molecule has 0 aliphatic rings. The fourth-order valence-corrected chi connectivity index (χ4v) is 3.01. The summed E-state index contributed by atoms with van der Waals surface area (Å²) in [6.45, 7) is 4.29. The van der Waals surface area contributed by atoms with Crippen molar-refractivity contribution in [1.29, 1.82) is 0 Å². The molecule has 0 bridgehead atoms. The predicted molar refractivity (Wildman–Crippen MR) is 124 cm³/mol. The molecule has 0 aliphatic carbocycles. The first-order chi connectivity index (χ1) is 14.4. The molecule has 152 valence electrons. The van der Waals surface area contributed by atoms with E-state index < -0.39 is 0 Å². The number of nitrogens with one attached hydrogen (secondary N) is 2. The molecule has 0 aliphatic heterocycles. The van der Waals surface area contributed by atoms with E-state index in [-0.39, 0.29) is 11.8 Å². The standard InChI is InChI=1S/C25H23ClN2O2/c1-17(2)19-9-6-18(7-10-19)8-15-24(29)27-22-11-13-23(14-12-22)28-25(30)20-4-3-5-21(26)16-20/h3-17H,1-2H3,(H,27,29)(H,28,30). The molecule has 0 saturated heterocycles. The van der Waals surface area contributed by atoms with Crippen LogP contribution in [-0.2, 0) is 4.79 Å². The first-order valence-corrected chi connectivity index (χ1v) is 10.0. The van der Waals surface area contributed by atoms with Gasteiger partial charge in [-0.05, 0) is 65.6 Å². The lowest BCUT2D eigenvalue weighted by Gasteiger charge is -2.07. The highest BCUT2D eigenvalue weighted by molar-refractivity contribution is 6.31. The predicted octanol–water partition coefficient (Wildman–Crippen LogP) is 6.37. The Kier molecular flexibility index (Phi) is 7.04. The van der Waals surface area contributed by atoms with Gasteiger partial charge in [-0.3, -0.25) is 9.59 Å². The average molecular weight is 419 g/mol. The fourth-order valence-electron chi connectivity index (χ4n) is 2.82. The summed E-state index contributed by atoms with van der Waals surface area (Å²) in [5, 5.41) is 6.11. The van der Waals surface area contributed by atoms with E-state index in [1.165, 1.54) is 11.6 Å². The van der Waals surface area contributed by atoms with E-state index in [2.05, 4.69) is 36.6 Å². The lowest BCUT2D eigenvalue weighted by atomic mass is 10.0. The van der Waals surface area contributed by atoms with E-state index in [0.29, 0.717) is 27.9 Å². The van der Waals surface area contributed by atoms with Crippen molar-refractivity contribution in [2.24, 2.45) is 0 Å². The van der Waals surface area contributed by atoms with Crippen molar-refractivity contribution < 1.29 is 9.59 Å². The van der Waals surface area contributed by atoms with Gasteiger partial charge in [-0.2, -0.15) is 0 Å². The quantitative estimate of drug-likeness (QED) is 0.457. The third-order valence-electron chi connectivity index (χ3n) is 4.53. The number of halogens is 1. The highest BCUT2D eigenvalue weighted by Gasteiger charge is 2.07. The van der Waals surface area contributed by atoms with Crippen LogP contribution in [0.25, 0.3) is 6.08 Å². The largest absolute Gasteiger partial charge is 0.323 e. The Balaban J connectivity index is 1.55. The Hall–Kier alpha value is -3.37. The van der Waals surface area contributed by atoms with Crippen LogP contribution in [0.1, 0.15) is 41.3 Å². The van der Waals surface area contributed by atoms with Gasteiger partial charge < -0.3 is 10.6 Å². The van der Waals surface area contributed by atoms with Gasteiger partial charge in [0.15, 0.2) is 0 Å². The Morgan fingerprint density at radius 1 is 0.867 bits per heavy atom. The van der Waals surface area contributed by atoms with E-state index in [1.807, 2.05) is 12.1 Å². The summed E-state index contributed by atoms with van der Waals surface area (Å²) >= 11 is 5.92. The van der Waals surface area contributed by atoms with E-state index in [0.717, 1.165) is 5.56 Å². The van der Waals surface area contributed by atoms with Crippen molar-refractivity contribution >= 4 is 40.9 Å². The monoisotopic (exact) mass is 418 g/mol. The summed E-state index contributed by atoms with van der Waals surface area (Å²) < 4.78 is 0. The van der Waals surface area contributed by atoms with Gasteiger partial charge in [-0.25, -0.2) is 0 Å². The summed E-state index contributed by atoms with van der Waals surface area (Å²) in [5.74, 6) is 0.00364. The van der Waals surface area contributed by atoms with Crippen LogP contribution in [0, 0.1) is 0 Å². The summed E-state index contributed by atoms with van der Waals surface area (Å²) in [6.07, 6.45) is 3.28. The molecule has 0 atom stereocenters. The van der Waals surface area contributed by atoms with Gasteiger partial charge in [0.25, 0.3) is 5.91 Å². The zero-order chi connectivity index (χ0) is 21.5. The summed E-state index contributed by atoms with van der Waals surface area (Å²) in [5.41, 5.74) is 3.97. The smallest absolute Gasteiger partial charge is 0.255 e. The maximum Gasteiger partial charge on any atom is 0.255 e. The zero-order valence-electron chi connectivity index (χ0n) is 16.9. The normalized spacial score (nSPS) is 10.9. The molecule has 3 aromatic carbocycles. The van der Waals surface area contributed by atoms with Gasteiger partial charge in [0.2, 0.25) is 5.91 Å². The first kappa shape index (κ1) is 21.3. The van der Waals surface area contributed by atoms with Crippen molar-refractivity contribution in [3.63, 3.8) is 0 Å². The van der Waals surface area contributed by atoms with Gasteiger partial charge in [0.1, 0.15) is 0 Å². The van der Waals surface area contributed by atoms with E-state index >= 15 is 0 Å². The molecule has 0 aromatic heterocycles. The number of hydrogen-bond donors (Lipinski definition) is 2. The lowest BCUT2D eigenvalue weighted by Crippen LogP contribution is -2.12. The van der Waals surface area contributed by atoms with Crippen molar-refractivity contribution in [1.82, 2.24) is 0 Å². The summed E-state index contributed by atoms with van der Waals surface area (Å²) in [6, 6.07) is 21.8. The highest BCUT2D eigenvalue weighted by Crippen LogP contribution is 2.17. The molecule has 2 amide bonds. The third-order valence-corrected chi connectivity index (χ3v) is 4.76. The van der Waals surface area contributed by atoms with Gasteiger partial charge in [-0.1, -0.05) is 55.8 Å². The van der Waals surface area contributed by atoms with E-state index in [4.69, 9.17) is 11.6 Å². The molecule has 3 rings (SSSR count). The number of rotatable bonds is 6. The zero-order valence-corrected chi connectivity index (χ0v) is 17.6. The average Bonchev–Trinajstić information content (AvgIpc) is 2.74. The van der Waals surface area contributed by atoms with Crippen LogP contribution >= 0.6 is 11.6 Å². The second-order valence-electron chi connectivity index (χ2n) is 7.19. The minimum Gasteiger partial charge on any atom is -0.323 e. The van der Waals surface area contributed by atoms with Crippen LogP contribution in [0.15, 0.2) is 78.9 Å². The molecular weight excluding hydrogens is 396 g/mol.